The summed E-state index contributed by atoms with van der Waals surface area (Å²) >= 11 is -5.87. The van der Waals surface area contributed by atoms with Crippen LogP contribution in [0.2, 0.25) is 8.87 Å². The van der Waals surface area contributed by atoms with Crippen molar-refractivity contribution in [3.8, 4) is 0 Å². The van der Waals surface area contributed by atoms with Crippen molar-refractivity contribution in [1.29, 1.82) is 0 Å². The van der Waals surface area contributed by atoms with Crippen molar-refractivity contribution < 1.29 is 79.0 Å². The monoisotopic (exact) mass is 684 g/mol. The van der Waals surface area contributed by atoms with Crippen LogP contribution in [0.1, 0.15) is 12.8 Å². The van der Waals surface area contributed by atoms with E-state index in [2.05, 4.69) is 0 Å². The summed E-state index contributed by atoms with van der Waals surface area (Å²) in [4.78, 5) is 0. The Hall–Kier alpha value is 0.119. The van der Waals surface area contributed by atoms with Crippen molar-refractivity contribution in [2.24, 2.45) is 0 Å². The van der Waals surface area contributed by atoms with E-state index in [4.69, 9.17) is 17.8 Å². The molecular weight excluding hydrogens is 676 g/mol. The third-order valence-corrected chi connectivity index (χ3v) is 14.7. The van der Waals surface area contributed by atoms with Gasteiger partial charge in [0, 0.05) is 0 Å². The molecule has 0 aliphatic carbocycles. The van der Waals surface area contributed by atoms with E-state index in [9.17, 15) is 79.0 Å². The zero-order valence-electron chi connectivity index (χ0n) is 14.9. The molecule has 33 heavy (non-hydrogen) atoms. The molecule has 0 N–H and O–H groups in total. The van der Waals surface area contributed by atoms with Crippen LogP contribution in [-0.2, 0) is 0 Å². The number of rotatable bonds is 10. The van der Waals surface area contributed by atoms with Crippen LogP contribution in [0.3, 0.4) is 0 Å². The Bertz CT molecular complexity index is 623. The van der Waals surface area contributed by atoms with Gasteiger partial charge < -0.3 is 0 Å². The normalized spacial score (nSPS) is 16.4. The Labute approximate surface area is 182 Å². The van der Waals surface area contributed by atoms with Gasteiger partial charge in [0.05, 0.1) is 0 Å². The van der Waals surface area contributed by atoms with Gasteiger partial charge >= 0.3 is 183 Å². The molecule has 0 aliphatic heterocycles. The summed E-state index contributed by atoms with van der Waals surface area (Å²) in [6.45, 7) is 0. The molecular formula is C12H8Cl2F18Sn. The molecule has 0 bridgehead atoms. The van der Waals surface area contributed by atoms with E-state index in [1.807, 2.05) is 0 Å². The minimum atomic E-state index is -7.31. The van der Waals surface area contributed by atoms with Crippen molar-refractivity contribution in [2.75, 3.05) is 0 Å². The molecule has 200 valence electrons. The van der Waals surface area contributed by atoms with Gasteiger partial charge in [-0.1, -0.05) is 0 Å². The van der Waals surface area contributed by atoms with Crippen LogP contribution in [0.15, 0.2) is 0 Å². The quantitative estimate of drug-likeness (QED) is 0.160. The Morgan fingerprint density at radius 2 is 0.606 bits per heavy atom. The number of hydrogen-bond acceptors (Lipinski definition) is 0. The molecule has 21 heteroatoms. The summed E-state index contributed by atoms with van der Waals surface area (Å²) < 4.78 is 225. The van der Waals surface area contributed by atoms with Crippen molar-refractivity contribution >= 4 is 34.0 Å². The molecule has 0 atom stereocenters. The molecule has 0 amide bonds. The fraction of sp³-hybridized carbons (Fsp3) is 1.00. The summed E-state index contributed by atoms with van der Waals surface area (Å²) in [7, 11) is 10.5. The maximum atomic E-state index is 13.4. The Morgan fingerprint density at radius 3 is 0.788 bits per heavy atom. The molecule has 0 heterocycles. The van der Waals surface area contributed by atoms with Crippen LogP contribution in [-0.4, -0.2) is 64.0 Å². The van der Waals surface area contributed by atoms with Gasteiger partial charge in [-0.25, -0.2) is 0 Å². The molecule has 0 aliphatic rings. The molecule has 0 saturated heterocycles. The summed E-state index contributed by atoms with van der Waals surface area (Å²) in [6, 6.07) is 0. The van der Waals surface area contributed by atoms with E-state index in [1.165, 1.54) is 0 Å². The SMILES string of the molecule is FC(F)(F)C(F)(F)C(F)(F)C(F)(F)C[CH2][Sn]([Cl])([Cl])[CH2]CC(F)(F)C(F)(F)C(F)(F)C(F)(F)F. The molecule has 0 aromatic carbocycles. The second-order valence-electron chi connectivity index (χ2n) is 6.56. The van der Waals surface area contributed by atoms with E-state index < -0.39 is 85.7 Å². The topological polar surface area (TPSA) is 0 Å². The third-order valence-electron chi connectivity index (χ3n) is 4.03. The van der Waals surface area contributed by atoms with Gasteiger partial charge in [0.25, 0.3) is 0 Å². The van der Waals surface area contributed by atoms with Gasteiger partial charge in [0.2, 0.25) is 0 Å². The zero-order valence-corrected chi connectivity index (χ0v) is 19.3. The first-order valence-corrected chi connectivity index (χ1v) is 19.0. The molecule has 0 unspecified atom stereocenters. The van der Waals surface area contributed by atoms with E-state index in [1.54, 1.807) is 0 Å². The molecule has 0 nitrogen and oxygen atoms in total. The first-order valence-electron chi connectivity index (χ1n) is 7.69. The second-order valence-corrected chi connectivity index (χ2v) is 25.3. The molecule has 0 spiro atoms. The molecule has 0 saturated carbocycles. The average molecular weight is 684 g/mol. The fourth-order valence-corrected chi connectivity index (χ4v) is 9.06. The van der Waals surface area contributed by atoms with E-state index in [-0.39, 0.29) is 0 Å². The molecule has 0 rings (SSSR count). The van der Waals surface area contributed by atoms with Crippen LogP contribution in [0.4, 0.5) is 79.0 Å². The van der Waals surface area contributed by atoms with Gasteiger partial charge in [-0.15, -0.1) is 0 Å². The minimum absolute atomic E-state index is 1.88. The summed E-state index contributed by atoms with van der Waals surface area (Å²) in [5.74, 6) is -41.3. The van der Waals surface area contributed by atoms with E-state index in [0.29, 0.717) is 0 Å². The number of halogens is 20. The van der Waals surface area contributed by atoms with Crippen LogP contribution in [0.5, 0.6) is 0 Å². The standard InChI is InChI=1S/2C6H4F9.2ClH.Sn/c2*1-2-3(7,8)4(9,10)5(11,12)6(13,14)15;;;/h2*1-2H2;2*1H;/q;;;;+2/p-2. The molecule has 0 aromatic rings. The maximum absolute atomic E-state index is 13.4. The zero-order chi connectivity index (χ0) is 27.3. The Balaban J connectivity index is 5.55. The molecule has 0 fully saturated rings. The van der Waals surface area contributed by atoms with E-state index in [0.717, 1.165) is 0 Å². The van der Waals surface area contributed by atoms with Gasteiger partial charge in [-0.2, -0.15) is 0 Å². The van der Waals surface area contributed by atoms with Crippen LogP contribution < -0.4 is 0 Å². The second kappa shape index (κ2) is 9.21. The predicted molar refractivity (Wildman–Crippen MR) is 78.1 cm³/mol. The van der Waals surface area contributed by atoms with Gasteiger partial charge in [0.15, 0.2) is 0 Å². The van der Waals surface area contributed by atoms with Gasteiger partial charge in [0.1, 0.15) is 0 Å². The molecule has 0 aromatic heterocycles. The van der Waals surface area contributed by atoms with Gasteiger partial charge in [-0.05, 0) is 0 Å². The summed E-state index contributed by atoms with van der Waals surface area (Å²) in [5, 5.41) is 0. The van der Waals surface area contributed by atoms with Crippen LogP contribution in [0.25, 0.3) is 0 Å². The number of hydrogen-bond donors (Lipinski definition) is 0. The first kappa shape index (κ1) is 33.1. The molecule has 0 radical (unpaired) electrons. The Morgan fingerprint density at radius 1 is 0.394 bits per heavy atom. The van der Waals surface area contributed by atoms with Crippen LogP contribution >= 0.6 is 17.8 Å². The number of alkyl halides is 18. The average Bonchev–Trinajstić information content (AvgIpc) is 2.56. The third kappa shape index (κ3) is 6.28. The fourth-order valence-electron chi connectivity index (χ4n) is 1.93. The Kier molecular flexibility index (Phi) is 9.24. The first-order chi connectivity index (χ1) is 13.9. The van der Waals surface area contributed by atoms with E-state index >= 15 is 0 Å². The van der Waals surface area contributed by atoms with Crippen LogP contribution in [0, 0.1) is 0 Å². The summed E-state index contributed by atoms with van der Waals surface area (Å²) in [5.41, 5.74) is 0. The van der Waals surface area contributed by atoms with Crippen molar-refractivity contribution in [2.45, 2.75) is 69.6 Å². The van der Waals surface area contributed by atoms with Gasteiger partial charge in [-0.3, -0.25) is 0 Å². The van der Waals surface area contributed by atoms with Crippen molar-refractivity contribution in [3.63, 3.8) is 0 Å². The predicted octanol–water partition coefficient (Wildman–Crippen LogP) is 8.62. The summed E-state index contributed by atoms with van der Waals surface area (Å²) in [6.07, 6.45) is -19.8. The van der Waals surface area contributed by atoms with Crippen molar-refractivity contribution in [3.05, 3.63) is 0 Å². The van der Waals surface area contributed by atoms with Crippen molar-refractivity contribution in [1.82, 2.24) is 0 Å².